The third-order valence-electron chi connectivity index (χ3n) is 5.85. The van der Waals surface area contributed by atoms with Crippen LogP contribution < -0.4 is 14.4 Å². The summed E-state index contributed by atoms with van der Waals surface area (Å²) in [7, 11) is 1.66. The second kappa shape index (κ2) is 6.11. The van der Waals surface area contributed by atoms with Crippen LogP contribution in [0.1, 0.15) is 24.0 Å². The number of halogens is 1. The van der Waals surface area contributed by atoms with Crippen LogP contribution in [-0.2, 0) is 12.0 Å². The number of nitrogens with zero attached hydrogens (tertiary/aromatic N) is 3. The van der Waals surface area contributed by atoms with Gasteiger partial charge in [-0.2, -0.15) is 0 Å². The fourth-order valence-corrected chi connectivity index (χ4v) is 4.72. The minimum Gasteiger partial charge on any atom is -0.493 e. The molecule has 0 saturated carbocycles. The Morgan fingerprint density at radius 3 is 3.07 bits per heavy atom. The molecule has 1 unspecified atom stereocenters. The lowest BCUT2D eigenvalue weighted by Gasteiger charge is -2.35. The van der Waals surface area contributed by atoms with Crippen molar-refractivity contribution in [1.29, 1.82) is 0 Å². The fourth-order valence-electron chi connectivity index (χ4n) is 4.59. The third-order valence-corrected chi connectivity index (χ3v) is 6.06. The lowest BCUT2D eigenvalue weighted by molar-refractivity contribution is 0.0856. The maximum atomic E-state index is 10.1. The summed E-state index contributed by atoms with van der Waals surface area (Å²) in [5.74, 6) is 2.16. The summed E-state index contributed by atoms with van der Waals surface area (Å²) in [5, 5.41) is 10.6. The highest BCUT2D eigenvalue weighted by molar-refractivity contribution is 6.29. The van der Waals surface area contributed by atoms with Crippen molar-refractivity contribution in [2.45, 2.75) is 37.0 Å². The fraction of sp³-hybridized carbons (Fsp3) is 0.400. The Hall–Kier alpha value is -2.31. The van der Waals surface area contributed by atoms with E-state index in [9.17, 15) is 5.11 Å². The molecule has 0 fully saturated rings. The van der Waals surface area contributed by atoms with Crippen LogP contribution in [0.5, 0.6) is 11.5 Å². The van der Waals surface area contributed by atoms with E-state index >= 15 is 0 Å². The highest BCUT2D eigenvalue weighted by atomic mass is 35.5. The number of benzene rings is 1. The van der Waals surface area contributed by atoms with Gasteiger partial charge in [-0.05, 0) is 24.1 Å². The normalized spacial score (nSPS) is 28.2. The van der Waals surface area contributed by atoms with Crippen LogP contribution in [0.2, 0.25) is 5.15 Å². The molecule has 1 N–H and O–H groups in total. The van der Waals surface area contributed by atoms with E-state index in [-0.39, 0.29) is 11.5 Å². The van der Waals surface area contributed by atoms with E-state index < -0.39 is 6.10 Å². The lowest BCUT2D eigenvalue weighted by atomic mass is 9.69. The SMILES string of the molecule is COc1ccc2c3c1O[C@@H]1C[C@H](O)C=CC31CCN(c1nccc(Cl)n1)C2. The first kappa shape index (κ1) is 16.8. The molecule has 27 heavy (non-hydrogen) atoms. The zero-order chi connectivity index (χ0) is 18.6. The molecule has 1 aromatic heterocycles. The van der Waals surface area contributed by atoms with E-state index in [1.807, 2.05) is 12.1 Å². The van der Waals surface area contributed by atoms with Crippen molar-refractivity contribution in [3.8, 4) is 11.5 Å². The number of hydrogen-bond acceptors (Lipinski definition) is 6. The van der Waals surface area contributed by atoms with E-state index in [1.54, 1.807) is 19.4 Å². The number of hydrogen-bond donors (Lipinski definition) is 1. The molecule has 3 heterocycles. The predicted octanol–water partition coefficient (Wildman–Crippen LogP) is 2.87. The van der Waals surface area contributed by atoms with Crippen molar-refractivity contribution in [1.82, 2.24) is 9.97 Å². The van der Waals surface area contributed by atoms with Gasteiger partial charge in [0.2, 0.25) is 5.95 Å². The molecule has 0 saturated heterocycles. The monoisotopic (exact) mass is 385 g/mol. The molecule has 3 aliphatic rings. The minimum absolute atomic E-state index is 0.109. The molecule has 5 rings (SSSR count). The molecule has 0 amide bonds. The van der Waals surface area contributed by atoms with Gasteiger partial charge in [-0.15, -0.1) is 0 Å². The molecule has 2 aliphatic heterocycles. The van der Waals surface area contributed by atoms with Crippen LogP contribution in [0.4, 0.5) is 5.95 Å². The lowest BCUT2D eigenvalue weighted by Crippen LogP contribution is -2.43. The Morgan fingerprint density at radius 2 is 2.26 bits per heavy atom. The van der Waals surface area contributed by atoms with Crippen LogP contribution in [-0.4, -0.2) is 40.9 Å². The molecule has 6 nitrogen and oxygen atoms in total. The molecule has 0 bridgehead atoms. The van der Waals surface area contributed by atoms with E-state index in [0.717, 1.165) is 30.0 Å². The van der Waals surface area contributed by atoms with Gasteiger partial charge in [0.25, 0.3) is 0 Å². The van der Waals surface area contributed by atoms with Gasteiger partial charge in [0.05, 0.1) is 18.6 Å². The summed E-state index contributed by atoms with van der Waals surface area (Å²) >= 11 is 6.08. The molecule has 3 atom stereocenters. The third kappa shape index (κ3) is 2.51. The molecule has 2 aromatic rings. The van der Waals surface area contributed by atoms with Crippen molar-refractivity contribution in [2.24, 2.45) is 0 Å². The van der Waals surface area contributed by atoms with Crippen molar-refractivity contribution >= 4 is 17.5 Å². The molecule has 140 valence electrons. The van der Waals surface area contributed by atoms with Crippen molar-refractivity contribution < 1.29 is 14.6 Å². The van der Waals surface area contributed by atoms with Gasteiger partial charge in [-0.1, -0.05) is 29.8 Å². The number of methoxy groups -OCH3 is 1. The Kier molecular flexibility index (Phi) is 3.81. The minimum atomic E-state index is -0.486. The van der Waals surface area contributed by atoms with Gasteiger partial charge >= 0.3 is 0 Å². The topological polar surface area (TPSA) is 67.7 Å². The summed E-state index contributed by atoms with van der Waals surface area (Å²) in [6, 6.07) is 5.72. The highest BCUT2D eigenvalue weighted by Crippen LogP contribution is 2.55. The molecule has 1 aliphatic carbocycles. The number of ether oxygens (including phenoxy) is 2. The van der Waals surface area contributed by atoms with Gasteiger partial charge in [0.15, 0.2) is 11.5 Å². The average molecular weight is 386 g/mol. The first-order valence-electron chi connectivity index (χ1n) is 9.08. The van der Waals surface area contributed by atoms with Crippen LogP contribution in [0.25, 0.3) is 0 Å². The molecule has 7 heteroatoms. The molecule has 1 spiro atoms. The second-order valence-electron chi connectivity index (χ2n) is 7.29. The van der Waals surface area contributed by atoms with Crippen LogP contribution >= 0.6 is 11.6 Å². The van der Waals surface area contributed by atoms with Crippen molar-refractivity contribution in [2.75, 3.05) is 18.6 Å². The summed E-state index contributed by atoms with van der Waals surface area (Å²) in [5.41, 5.74) is 2.06. The van der Waals surface area contributed by atoms with E-state index in [4.69, 9.17) is 21.1 Å². The number of aliphatic hydroxyl groups is 1. The predicted molar refractivity (Wildman–Crippen MR) is 102 cm³/mol. The van der Waals surface area contributed by atoms with Gasteiger partial charge in [0.1, 0.15) is 11.3 Å². The van der Waals surface area contributed by atoms with Crippen molar-refractivity contribution in [3.05, 3.63) is 52.8 Å². The van der Waals surface area contributed by atoms with Crippen LogP contribution in [0.3, 0.4) is 0 Å². The van der Waals surface area contributed by atoms with Gasteiger partial charge in [-0.3, -0.25) is 0 Å². The zero-order valence-corrected chi connectivity index (χ0v) is 15.7. The number of anilines is 1. The maximum absolute atomic E-state index is 10.1. The zero-order valence-electron chi connectivity index (χ0n) is 14.9. The smallest absolute Gasteiger partial charge is 0.227 e. The molecular formula is C20H20ClN3O3. The maximum Gasteiger partial charge on any atom is 0.227 e. The Balaban J connectivity index is 1.65. The molecule has 0 radical (unpaired) electrons. The Bertz CT molecular complexity index is 935. The number of rotatable bonds is 2. The van der Waals surface area contributed by atoms with Crippen LogP contribution in [0.15, 0.2) is 36.5 Å². The largest absolute Gasteiger partial charge is 0.493 e. The van der Waals surface area contributed by atoms with E-state index in [1.165, 1.54) is 5.56 Å². The van der Waals surface area contributed by atoms with Crippen molar-refractivity contribution in [3.63, 3.8) is 0 Å². The molecule has 1 aromatic carbocycles. The van der Waals surface area contributed by atoms with Gasteiger partial charge < -0.3 is 19.5 Å². The van der Waals surface area contributed by atoms with E-state index in [2.05, 4.69) is 27.0 Å². The second-order valence-corrected chi connectivity index (χ2v) is 7.68. The standard InChI is InChI=1S/C20H20ClN3O3/c1-26-14-3-2-12-11-24(19-22-8-5-16(21)23-19)9-7-20-6-4-13(25)10-15(20)27-18(14)17(12)20/h2-6,8,13,15,25H,7,9-11H2,1H3/t13-,15-,20?/m1/s1. The average Bonchev–Trinajstić information content (AvgIpc) is 2.89. The molecular weight excluding hydrogens is 366 g/mol. The summed E-state index contributed by atoms with van der Waals surface area (Å²) in [4.78, 5) is 10.9. The first-order valence-corrected chi connectivity index (χ1v) is 9.46. The summed E-state index contributed by atoms with van der Waals surface area (Å²) in [6.07, 6.45) is 6.51. The quantitative estimate of drug-likeness (QED) is 0.633. The summed E-state index contributed by atoms with van der Waals surface area (Å²) in [6.45, 7) is 1.43. The van der Waals surface area contributed by atoms with Gasteiger partial charge in [0, 0.05) is 31.3 Å². The number of aliphatic hydroxyl groups excluding tert-OH is 1. The Morgan fingerprint density at radius 1 is 1.37 bits per heavy atom. The first-order chi connectivity index (χ1) is 13.1. The highest BCUT2D eigenvalue weighted by Gasteiger charge is 2.53. The van der Waals surface area contributed by atoms with E-state index in [0.29, 0.717) is 24.1 Å². The van der Waals surface area contributed by atoms with Gasteiger partial charge in [-0.25, -0.2) is 9.97 Å². The Labute approximate surface area is 162 Å². The summed E-state index contributed by atoms with van der Waals surface area (Å²) < 4.78 is 11.9. The number of aromatic nitrogens is 2. The van der Waals surface area contributed by atoms with Crippen LogP contribution in [0, 0.1) is 0 Å².